The Bertz CT molecular complexity index is 509. The Morgan fingerprint density at radius 3 is 2.18 bits per heavy atom. The summed E-state index contributed by atoms with van der Waals surface area (Å²) < 4.78 is 10.8. The summed E-state index contributed by atoms with van der Waals surface area (Å²) in [7, 11) is 0. The second-order valence-corrected chi connectivity index (χ2v) is 5.74. The van der Waals surface area contributed by atoms with Gasteiger partial charge >= 0.3 is 0 Å². The summed E-state index contributed by atoms with van der Waals surface area (Å²) in [5.74, 6) is 0.479. The van der Waals surface area contributed by atoms with Gasteiger partial charge in [-0.1, -0.05) is 12.1 Å². The number of para-hydroxylation sites is 2. The van der Waals surface area contributed by atoms with Gasteiger partial charge in [-0.05, 0) is 39.8 Å². The van der Waals surface area contributed by atoms with Gasteiger partial charge in [0.1, 0.15) is 0 Å². The largest absolute Gasteiger partial charge is 0.490 e. The van der Waals surface area contributed by atoms with Crippen LogP contribution < -0.4 is 20.1 Å². The molecule has 22 heavy (non-hydrogen) atoms. The molecule has 0 aliphatic rings. The standard InChI is InChI=1S/C16H24N2O4/c1-5-21-12-8-6-7-9-13(12)22-11-15(20)17-10-14(19)18-16(2,3)4/h6-9H,5,10-11H2,1-4H3,(H,17,20)(H,18,19). The van der Waals surface area contributed by atoms with Crippen molar-refractivity contribution in [2.45, 2.75) is 33.2 Å². The molecule has 2 N–H and O–H groups in total. The monoisotopic (exact) mass is 308 g/mol. The van der Waals surface area contributed by atoms with E-state index in [2.05, 4.69) is 10.6 Å². The van der Waals surface area contributed by atoms with E-state index < -0.39 is 0 Å². The van der Waals surface area contributed by atoms with Gasteiger partial charge in [0.05, 0.1) is 13.2 Å². The summed E-state index contributed by atoms with van der Waals surface area (Å²) >= 11 is 0. The fourth-order valence-electron chi connectivity index (χ4n) is 1.68. The fourth-order valence-corrected chi connectivity index (χ4v) is 1.68. The zero-order chi connectivity index (χ0) is 16.6. The van der Waals surface area contributed by atoms with E-state index in [0.29, 0.717) is 18.1 Å². The van der Waals surface area contributed by atoms with Crippen LogP contribution in [0.4, 0.5) is 0 Å². The van der Waals surface area contributed by atoms with Crippen molar-refractivity contribution in [3.05, 3.63) is 24.3 Å². The molecule has 2 amide bonds. The van der Waals surface area contributed by atoms with Crippen LogP contribution in [0.25, 0.3) is 0 Å². The van der Waals surface area contributed by atoms with Crippen molar-refractivity contribution in [3.8, 4) is 11.5 Å². The molecule has 6 nitrogen and oxygen atoms in total. The van der Waals surface area contributed by atoms with Gasteiger partial charge in [-0.2, -0.15) is 0 Å². The number of amides is 2. The molecule has 0 saturated carbocycles. The summed E-state index contributed by atoms with van der Waals surface area (Å²) in [5, 5.41) is 5.27. The molecule has 0 aliphatic carbocycles. The maximum atomic E-state index is 11.7. The maximum Gasteiger partial charge on any atom is 0.258 e. The van der Waals surface area contributed by atoms with Gasteiger partial charge in [0, 0.05) is 5.54 Å². The molecule has 122 valence electrons. The molecule has 1 aromatic rings. The van der Waals surface area contributed by atoms with Gasteiger partial charge in [0.25, 0.3) is 5.91 Å². The number of hydrogen-bond donors (Lipinski definition) is 2. The molecule has 0 unspecified atom stereocenters. The third-order valence-electron chi connectivity index (χ3n) is 2.47. The lowest BCUT2D eigenvalue weighted by molar-refractivity contribution is -0.127. The van der Waals surface area contributed by atoms with Gasteiger partial charge in [0.15, 0.2) is 18.1 Å². The van der Waals surface area contributed by atoms with E-state index in [4.69, 9.17) is 9.47 Å². The van der Waals surface area contributed by atoms with E-state index in [1.807, 2.05) is 33.8 Å². The van der Waals surface area contributed by atoms with E-state index in [9.17, 15) is 9.59 Å². The molecule has 1 aromatic carbocycles. The Morgan fingerprint density at radius 2 is 1.64 bits per heavy atom. The van der Waals surface area contributed by atoms with E-state index >= 15 is 0 Å². The molecular formula is C16H24N2O4. The van der Waals surface area contributed by atoms with Crippen LogP contribution in [-0.2, 0) is 9.59 Å². The predicted molar refractivity (Wildman–Crippen MR) is 84.0 cm³/mol. The average molecular weight is 308 g/mol. The Labute approximate surface area is 131 Å². The van der Waals surface area contributed by atoms with Crippen molar-refractivity contribution < 1.29 is 19.1 Å². The van der Waals surface area contributed by atoms with Crippen LogP contribution in [0, 0.1) is 0 Å². The van der Waals surface area contributed by atoms with E-state index in [0.717, 1.165) is 0 Å². The van der Waals surface area contributed by atoms with Crippen LogP contribution >= 0.6 is 0 Å². The highest BCUT2D eigenvalue weighted by molar-refractivity contribution is 5.85. The van der Waals surface area contributed by atoms with Crippen molar-refractivity contribution in [1.29, 1.82) is 0 Å². The molecule has 0 radical (unpaired) electrons. The van der Waals surface area contributed by atoms with Crippen molar-refractivity contribution in [3.63, 3.8) is 0 Å². The molecule has 0 fully saturated rings. The van der Waals surface area contributed by atoms with Gasteiger partial charge in [-0.15, -0.1) is 0 Å². The van der Waals surface area contributed by atoms with Crippen LogP contribution in [0.15, 0.2) is 24.3 Å². The molecule has 0 aromatic heterocycles. The number of carbonyl (C=O) groups excluding carboxylic acids is 2. The highest BCUT2D eigenvalue weighted by Crippen LogP contribution is 2.26. The van der Waals surface area contributed by atoms with Crippen LogP contribution in [-0.4, -0.2) is 37.1 Å². The lowest BCUT2D eigenvalue weighted by Gasteiger charge is -2.20. The molecule has 0 spiro atoms. The number of nitrogens with one attached hydrogen (secondary N) is 2. The summed E-state index contributed by atoms with van der Waals surface area (Å²) in [6, 6.07) is 7.12. The van der Waals surface area contributed by atoms with Crippen LogP contribution in [0.3, 0.4) is 0 Å². The average Bonchev–Trinajstić information content (AvgIpc) is 2.43. The lowest BCUT2D eigenvalue weighted by Crippen LogP contribution is -2.46. The minimum Gasteiger partial charge on any atom is -0.490 e. The first kappa shape index (κ1) is 17.8. The van der Waals surface area contributed by atoms with Crippen molar-refractivity contribution in [1.82, 2.24) is 10.6 Å². The third kappa shape index (κ3) is 6.97. The Kier molecular flexibility index (Phi) is 6.69. The highest BCUT2D eigenvalue weighted by Gasteiger charge is 2.14. The van der Waals surface area contributed by atoms with Gasteiger partial charge in [-0.25, -0.2) is 0 Å². The maximum absolute atomic E-state index is 11.7. The zero-order valence-electron chi connectivity index (χ0n) is 13.6. The van der Waals surface area contributed by atoms with Gasteiger partial charge in [-0.3, -0.25) is 9.59 Å². The van der Waals surface area contributed by atoms with Crippen molar-refractivity contribution >= 4 is 11.8 Å². The molecule has 0 saturated heterocycles. The zero-order valence-corrected chi connectivity index (χ0v) is 13.6. The number of benzene rings is 1. The first-order chi connectivity index (χ1) is 10.3. The molecular weight excluding hydrogens is 284 g/mol. The van der Waals surface area contributed by atoms with Crippen LogP contribution in [0.5, 0.6) is 11.5 Å². The summed E-state index contributed by atoms with van der Waals surface area (Å²) in [6.07, 6.45) is 0. The first-order valence-corrected chi connectivity index (χ1v) is 7.24. The van der Waals surface area contributed by atoms with Gasteiger partial charge < -0.3 is 20.1 Å². The minimum atomic E-state index is -0.365. The number of ether oxygens (including phenoxy) is 2. The SMILES string of the molecule is CCOc1ccccc1OCC(=O)NCC(=O)NC(C)(C)C. The normalized spacial score (nSPS) is 10.7. The van der Waals surface area contributed by atoms with Crippen LogP contribution in [0.2, 0.25) is 0 Å². The molecule has 0 aliphatic heterocycles. The number of rotatable bonds is 7. The Morgan fingerprint density at radius 1 is 1.05 bits per heavy atom. The molecule has 0 bridgehead atoms. The summed E-state index contributed by atoms with van der Waals surface area (Å²) in [6.45, 7) is 7.76. The molecule has 0 heterocycles. The van der Waals surface area contributed by atoms with E-state index in [1.54, 1.807) is 18.2 Å². The molecule has 1 rings (SSSR count). The Balaban J connectivity index is 2.39. The smallest absolute Gasteiger partial charge is 0.258 e. The van der Waals surface area contributed by atoms with E-state index in [-0.39, 0.29) is 30.5 Å². The van der Waals surface area contributed by atoms with Crippen LogP contribution in [0.1, 0.15) is 27.7 Å². The fraction of sp³-hybridized carbons (Fsp3) is 0.500. The summed E-state index contributed by atoms with van der Waals surface area (Å²) in [5.41, 5.74) is -0.325. The van der Waals surface area contributed by atoms with Crippen molar-refractivity contribution in [2.24, 2.45) is 0 Å². The topological polar surface area (TPSA) is 76.7 Å². The second-order valence-electron chi connectivity index (χ2n) is 5.74. The molecule has 6 heteroatoms. The third-order valence-corrected chi connectivity index (χ3v) is 2.47. The quantitative estimate of drug-likeness (QED) is 0.800. The second kappa shape index (κ2) is 8.26. The van der Waals surface area contributed by atoms with Gasteiger partial charge in [0.2, 0.25) is 5.91 Å². The minimum absolute atomic E-state index is 0.0768. The lowest BCUT2D eigenvalue weighted by atomic mass is 10.1. The number of carbonyl (C=O) groups is 2. The first-order valence-electron chi connectivity index (χ1n) is 7.24. The summed E-state index contributed by atoms with van der Waals surface area (Å²) in [4.78, 5) is 23.3. The highest BCUT2D eigenvalue weighted by atomic mass is 16.5. The number of hydrogen-bond acceptors (Lipinski definition) is 4. The Hall–Kier alpha value is -2.24. The predicted octanol–water partition coefficient (Wildman–Crippen LogP) is 1.49. The van der Waals surface area contributed by atoms with Crippen molar-refractivity contribution in [2.75, 3.05) is 19.8 Å². The molecule has 0 atom stereocenters. The van der Waals surface area contributed by atoms with E-state index in [1.165, 1.54) is 0 Å².